The molecular formula is C29H30N2O5S. The fraction of sp³-hybridized carbons (Fsp3) is 0.379. The number of carboxylic acids is 1. The molecule has 0 atom stereocenters. The molecule has 2 aliphatic carbocycles. The van der Waals surface area contributed by atoms with E-state index in [4.69, 9.17) is 4.52 Å². The zero-order chi connectivity index (χ0) is 25.8. The number of carbonyl (C=O) groups is 1. The van der Waals surface area contributed by atoms with Gasteiger partial charge in [-0.25, -0.2) is 13.2 Å². The number of rotatable bonds is 6. The van der Waals surface area contributed by atoms with Crippen molar-refractivity contribution in [3.63, 3.8) is 0 Å². The number of carboxylic acid groups (broad SMARTS) is 1. The first-order chi connectivity index (χ1) is 17.8. The van der Waals surface area contributed by atoms with Crippen molar-refractivity contribution in [2.24, 2.45) is 5.41 Å². The van der Waals surface area contributed by atoms with Gasteiger partial charge in [0, 0.05) is 30.1 Å². The number of allylic oxidation sites excluding steroid dienone is 1. The van der Waals surface area contributed by atoms with E-state index in [1.54, 1.807) is 0 Å². The molecule has 1 aliphatic heterocycles. The van der Waals surface area contributed by atoms with Crippen molar-refractivity contribution in [2.45, 2.75) is 56.3 Å². The molecule has 3 fully saturated rings. The first-order valence-corrected chi connectivity index (χ1v) is 14.3. The maximum absolute atomic E-state index is 13.2. The monoisotopic (exact) mass is 518 g/mol. The van der Waals surface area contributed by atoms with E-state index in [9.17, 15) is 18.3 Å². The van der Waals surface area contributed by atoms with Crippen molar-refractivity contribution in [3.8, 4) is 11.3 Å². The topological polar surface area (TPSA) is 101 Å². The molecule has 1 saturated heterocycles. The summed E-state index contributed by atoms with van der Waals surface area (Å²) in [5.41, 5.74) is 5.77. The minimum Gasteiger partial charge on any atom is -0.478 e. The van der Waals surface area contributed by atoms with Crippen LogP contribution < -0.4 is 0 Å². The SMILES string of the molecule is Cc1ccccc1-c1noc(C2CC2)c1C=C1CC2(CCN(S(=O)(=O)c3cccc(C(=O)O)c3)CC2)C1. The molecule has 0 radical (unpaired) electrons. The summed E-state index contributed by atoms with van der Waals surface area (Å²) >= 11 is 0. The fourth-order valence-electron chi connectivity index (χ4n) is 5.83. The van der Waals surface area contributed by atoms with Crippen LogP contribution in [-0.2, 0) is 10.0 Å². The van der Waals surface area contributed by atoms with Gasteiger partial charge in [0.2, 0.25) is 10.0 Å². The highest BCUT2D eigenvalue weighted by atomic mass is 32.2. The summed E-state index contributed by atoms with van der Waals surface area (Å²) in [6.45, 7) is 2.99. The molecule has 2 heterocycles. The molecule has 2 aromatic carbocycles. The van der Waals surface area contributed by atoms with Crippen molar-refractivity contribution >= 4 is 22.1 Å². The molecular weight excluding hydrogens is 488 g/mol. The van der Waals surface area contributed by atoms with Gasteiger partial charge in [0.15, 0.2) is 0 Å². The van der Waals surface area contributed by atoms with Gasteiger partial charge in [-0.3, -0.25) is 0 Å². The Morgan fingerprint density at radius 2 is 1.84 bits per heavy atom. The molecule has 37 heavy (non-hydrogen) atoms. The number of benzene rings is 2. The van der Waals surface area contributed by atoms with E-state index in [0.29, 0.717) is 19.0 Å². The van der Waals surface area contributed by atoms with Crippen molar-refractivity contribution in [3.05, 3.63) is 76.6 Å². The van der Waals surface area contributed by atoms with Crippen molar-refractivity contribution < 1.29 is 22.8 Å². The van der Waals surface area contributed by atoms with Gasteiger partial charge in [-0.05, 0) is 80.7 Å². The Balaban J connectivity index is 1.17. The second-order valence-corrected chi connectivity index (χ2v) is 12.7. The molecule has 0 amide bonds. The minimum absolute atomic E-state index is 0.0207. The van der Waals surface area contributed by atoms with Gasteiger partial charge in [0.1, 0.15) is 11.5 Å². The number of aryl methyl sites for hydroxylation is 1. The zero-order valence-corrected chi connectivity index (χ0v) is 21.6. The quantitative estimate of drug-likeness (QED) is 0.438. The normalized spacial score (nSPS) is 19.5. The average molecular weight is 519 g/mol. The van der Waals surface area contributed by atoms with Crippen LogP contribution in [0, 0.1) is 12.3 Å². The summed E-state index contributed by atoms with van der Waals surface area (Å²) in [5.74, 6) is 0.321. The lowest BCUT2D eigenvalue weighted by Crippen LogP contribution is -2.46. The minimum atomic E-state index is -3.72. The number of sulfonamides is 1. The van der Waals surface area contributed by atoms with Crippen LogP contribution in [0.3, 0.4) is 0 Å². The molecule has 1 N–H and O–H groups in total. The summed E-state index contributed by atoms with van der Waals surface area (Å²) in [6.07, 6.45) is 8.07. The third kappa shape index (κ3) is 4.42. The van der Waals surface area contributed by atoms with Crippen LogP contribution >= 0.6 is 0 Å². The zero-order valence-electron chi connectivity index (χ0n) is 20.8. The molecule has 0 bridgehead atoms. The van der Waals surface area contributed by atoms with Crippen LogP contribution in [0.15, 0.2) is 63.5 Å². The van der Waals surface area contributed by atoms with E-state index in [2.05, 4.69) is 30.3 Å². The molecule has 6 rings (SSSR count). The third-order valence-corrected chi connectivity index (χ3v) is 10.1. The van der Waals surface area contributed by atoms with Crippen LogP contribution in [0.4, 0.5) is 0 Å². The lowest BCUT2D eigenvalue weighted by Gasteiger charge is -2.49. The van der Waals surface area contributed by atoms with Crippen LogP contribution in [0.5, 0.6) is 0 Å². The lowest BCUT2D eigenvalue weighted by molar-refractivity contribution is 0.0696. The second-order valence-electron chi connectivity index (χ2n) is 10.8. The lowest BCUT2D eigenvalue weighted by atomic mass is 9.60. The molecule has 1 spiro atoms. The second kappa shape index (κ2) is 8.96. The van der Waals surface area contributed by atoms with E-state index < -0.39 is 16.0 Å². The average Bonchev–Trinajstić information content (AvgIpc) is 3.64. The fourth-order valence-corrected chi connectivity index (χ4v) is 7.32. The molecule has 1 aromatic heterocycles. The largest absolute Gasteiger partial charge is 0.478 e. The number of hydrogen-bond acceptors (Lipinski definition) is 5. The predicted molar refractivity (Wildman–Crippen MR) is 140 cm³/mol. The van der Waals surface area contributed by atoms with Crippen LogP contribution in [0.25, 0.3) is 17.3 Å². The Hall–Kier alpha value is -3.23. The molecule has 7 nitrogen and oxygen atoms in total. The predicted octanol–water partition coefficient (Wildman–Crippen LogP) is 5.87. The van der Waals surface area contributed by atoms with Gasteiger partial charge in [0.25, 0.3) is 0 Å². The van der Waals surface area contributed by atoms with Crippen molar-refractivity contribution in [1.82, 2.24) is 9.46 Å². The smallest absolute Gasteiger partial charge is 0.335 e. The Morgan fingerprint density at radius 1 is 1.11 bits per heavy atom. The number of nitrogens with zero attached hydrogens (tertiary/aromatic N) is 2. The van der Waals surface area contributed by atoms with Crippen LogP contribution in [-0.4, -0.2) is 42.0 Å². The van der Waals surface area contributed by atoms with Crippen LogP contribution in [0.2, 0.25) is 0 Å². The molecule has 192 valence electrons. The van der Waals surface area contributed by atoms with Gasteiger partial charge in [-0.15, -0.1) is 0 Å². The Bertz CT molecular complexity index is 1500. The Kier molecular flexibility index (Phi) is 5.84. The van der Waals surface area contributed by atoms with Gasteiger partial charge >= 0.3 is 5.97 Å². The number of aromatic nitrogens is 1. The van der Waals surface area contributed by atoms with E-state index in [1.807, 2.05) is 12.1 Å². The standard InChI is InChI=1S/C29H30N2O5S/c1-19-5-2-3-8-24(19)26-25(27(36-30-26)21-9-10-21)15-20-17-29(18-20)11-13-31(14-12-29)37(34,35)23-7-4-6-22(16-23)28(32)33/h2-8,15-16,21H,9-14,17-18H2,1H3,(H,32,33). The van der Waals surface area contributed by atoms with E-state index >= 15 is 0 Å². The highest BCUT2D eigenvalue weighted by molar-refractivity contribution is 7.89. The summed E-state index contributed by atoms with van der Waals surface area (Å²) in [7, 11) is -3.72. The van der Waals surface area contributed by atoms with Gasteiger partial charge in [-0.2, -0.15) is 4.31 Å². The Morgan fingerprint density at radius 3 is 2.51 bits per heavy atom. The third-order valence-electron chi connectivity index (χ3n) is 8.16. The number of piperidine rings is 1. The highest BCUT2D eigenvalue weighted by Crippen LogP contribution is 2.54. The first kappa shape index (κ1) is 24.1. The molecule has 3 aliphatic rings. The van der Waals surface area contributed by atoms with Gasteiger partial charge in [-0.1, -0.05) is 41.1 Å². The summed E-state index contributed by atoms with van der Waals surface area (Å²) in [4.78, 5) is 11.3. The van der Waals surface area contributed by atoms with E-state index in [0.717, 1.165) is 61.1 Å². The maximum Gasteiger partial charge on any atom is 0.335 e. The number of hydrogen-bond donors (Lipinski definition) is 1. The summed E-state index contributed by atoms with van der Waals surface area (Å²) in [6, 6.07) is 13.9. The summed E-state index contributed by atoms with van der Waals surface area (Å²) in [5, 5.41) is 13.7. The number of aromatic carboxylic acids is 1. The maximum atomic E-state index is 13.2. The molecule has 2 saturated carbocycles. The molecule has 3 aromatic rings. The Labute approximate surface area is 216 Å². The van der Waals surface area contributed by atoms with Crippen molar-refractivity contribution in [1.29, 1.82) is 0 Å². The van der Waals surface area contributed by atoms with Gasteiger partial charge < -0.3 is 9.63 Å². The van der Waals surface area contributed by atoms with Crippen molar-refractivity contribution in [2.75, 3.05) is 13.1 Å². The molecule has 8 heteroatoms. The van der Waals surface area contributed by atoms with Gasteiger partial charge in [0.05, 0.1) is 10.5 Å². The van der Waals surface area contributed by atoms with E-state index in [1.165, 1.54) is 39.7 Å². The summed E-state index contributed by atoms with van der Waals surface area (Å²) < 4.78 is 33.7. The molecule has 0 unspecified atom stereocenters. The first-order valence-electron chi connectivity index (χ1n) is 12.8. The van der Waals surface area contributed by atoms with E-state index in [-0.39, 0.29) is 15.9 Å². The van der Waals surface area contributed by atoms with Crippen LogP contribution in [0.1, 0.15) is 71.7 Å². The highest BCUT2D eigenvalue weighted by Gasteiger charge is 2.45.